The van der Waals surface area contributed by atoms with Gasteiger partial charge in [-0.15, -0.1) is 0 Å². The van der Waals surface area contributed by atoms with E-state index in [0.29, 0.717) is 0 Å². The molecular weight excluding hydrogens is 851 g/mol. The van der Waals surface area contributed by atoms with Gasteiger partial charge in [0.2, 0.25) is 0 Å². The molecule has 3 heteroatoms. The summed E-state index contributed by atoms with van der Waals surface area (Å²) in [6, 6.07) is 69.3. The van der Waals surface area contributed by atoms with Crippen molar-refractivity contribution in [2.75, 3.05) is 4.90 Å². The van der Waals surface area contributed by atoms with Crippen molar-refractivity contribution < 1.29 is 8.83 Å². The van der Waals surface area contributed by atoms with E-state index in [4.69, 9.17) is 8.83 Å². The van der Waals surface area contributed by atoms with Gasteiger partial charge in [-0.1, -0.05) is 181 Å². The van der Waals surface area contributed by atoms with E-state index in [9.17, 15) is 0 Å². The standard InChI is InChI=1S/C67H49NO2/c1-65(2)50-35-40(31-33-44(50)56-52(65)37-48(39-19-8-7-9-20-39)63-58(56)46-25-13-16-29-54(46)69-63)68(53-28-18-22-38-21-10-11-23-42(38)53)41-32-34-45-51(36-41)67(5,6)62-60(45)64-59(47-26-14-17-30-55(47)70-64)57-43-24-12-15-27-49(43)66(3,4)61(57)62/h7-37H,1-6H3. The van der Waals surface area contributed by atoms with Gasteiger partial charge in [-0.25, -0.2) is 0 Å². The zero-order valence-corrected chi connectivity index (χ0v) is 40.2. The monoisotopic (exact) mass is 899 g/mol. The molecule has 15 rings (SSSR count). The Morgan fingerprint density at radius 1 is 0.357 bits per heavy atom. The number of nitrogens with zero attached hydrogens (tertiary/aromatic N) is 1. The van der Waals surface area contributed by atoms with Crippen molar-refractivity contribution in [1.29, 1.82) is 0 Å². The van der Waals surface area contributed by atoms with Gasteiger partial charge in [-0.05, 0) is 121 Å². The van der Waals surface area contributed by atoms with Gasteiger partial charge in [-0.2, -0.15) is 0 Å². The average molecular weight is 900 g/mol. The predicted molar refractivity (Wildman–Crippen MR) is 291 cm³/mol. The molecule has 3 nitrogen and oxygen atoms in total. The number of benzene rings is 10. The van der Waals surface area contributed by atoms with Crippen molar-refractivity contribution in [2.45, 2.75) is 57.8 Å². The summed E-state index contributed by atoms with van der Waals surface area (Å²) in [5, 5.41) is 7.15. The van der Waals surface area contributed by atoms with Crippen molar-refractivity contribution in [3.8, 4) is 44.5 Å². The molecule has 0 saturated carbocycles. The van der Waals surface area contributed by atoms with Gasteiger partial charge in [0.25, 0.3) is 0 Å². The van der Waals surface area contributed by atoms with E-state index >= 15 is 0 Å². The van der Waals surface area contributed by atoms with Gasteiger partial charge in [0.15, 0.2) is 0 Å². The third-order valence-corrected chi connectivity index (χ3v) is 16.8. The molecule has 0 radical (unpaired) electrons. The number of hydrogen-bond donors (Lipinski definition) is 0. The van der Waals surface area contributed by atoms with E-state index in [-0.39, 0.29) is 16.2 Å². The molecule has 0 aliphatic heterocycles. The summed E-state index contributed by atoms with van der Waals surface area (Å²) >= 11 is 0. The van der Waals surface area contributed by atoms with Crippen LogP contribution >= 0.6 is 0 Å². The third kappa shape index (κ3) is 4.99. The van der Waals surface area contributed by atoms with Crippen LogP contribution in [0.5, 0.6) is 0 Å². The fourth-order valence-electron chi connectivity index (χ4n) is 13.5. The van der Waals surface area contributed by atoms with Crippen LogP contribution in [-0.2, 0) is 16.2 Å². The fourth-order valence-corrected chi connectivity index (χ4v) is 13.5. The maximum atomic E-state index is 7.07. The minimum atomic E-state index is -0.349. The third-order valence-electron chi connectivity index (χ3n) is 16.8. The van der Waals surface area contributed by atoms with Crippen molar-refractivity contribution in [3.63, 3.8) is 0 Å². The number of fused-ring (bicyclic) bond motifs is 20. The van der Waals surface area contributed by atoms with Crippen LogP contribution in [0.15, 0.2) is 197 Å². The summed E-state index contributed by atoms with van der Waals surface area (Å²) in [5.41, 5.74) is 24.3. The van der Waals surface area contributed by atoms with E-state index in [1.165, 1.54) is 93.7 Å². The molecule has 2 heterocycles. The summed E-state index contributed by atoms with van der Waals surface area (Å²) in [7, 11) is 0. The maximum absolute atomic E-state index is 7.07. The summed E-state index contributed by atoms with van der Waals surface area (Å²) < 4.78 is 13.9. The first-order chi connectivity index (χ1) is 34.0. The van der Waals surface area contributed by atoms with Crippen LogP contribution in [0.1, 0.15) is 74.9 Å². The average Bonchev–Trinajstić information content (AvgIpc) is 4.13. The lowest BCUT2D eigenvalue weighted by molar-refractivity contribution is 0.600. The molecule has 0 fully saturated rings. The molecule has 10 aromatic carbocycles. The summed E-state index contributed by atoms with van der Waals surface area (Å²) in [6.07, 6.45) is 0. The van der Waals surface area contributed by atoms with Crippen LogP contribution in [0.4, 0.5) is 17.1 Å². The molecule has 3 aliphatic carbocycles. The van der Waals surface area contributed by atoms with E-state index in [1.54, 1.807) is 0 Å². The lowest BCUT2D eigenvalue weighted by Gasteiger charge is -2.32. The first-order valence-corrected chi connectivity index (χ1v) is 24.8. The van der Waals surface area contributed by atoms with Gasteiger partial charge in [-0.3, -0.25) is 0 Å². The Bertz CT molecular complexity index is 4270. The number of rotatable bonds is 4. The molecule has 334 valence electrons. The molecule has 12 aromatic rings. The van der Waals surface area contributed by atoms with Crippen LogP contribution in [0.25, 0.3) is 99.2 Å². The Morgan fingerprint density at radius 3 is 1.61 bits per heavy atom. The van der Waals surface area contributed by atoms with Crippen molar-refractivity contribution in [2.24, 2.45) is 0 Å². The topological polar surface area (TPSA) is 29.5 Å². The second-order valence-electron chi connectivity index (χ2n) is 21.5. The number of anilines is 3. The minimum Gasteiger partial charge on any atom is -0.455 e. The molecule has 3 aliphatic rings. The molecule has 0 saturated heterocycles. The zero-order chi connectivity index (χ0) is 47.0. The van der Waals surface area contributed by atoms with E-state index in [0.717, 1.165) is 55.9 Å². The van der Waals surface area contributed by atoms with Gasteiger partial charge in [0.1, 0.15) is 22.3 Å². The highest BCUT2D eigenvalue weighted by atomic mass is 16.3. The van der Waals surface area contributed by atoms with Crippen LogP contribution in [-0.4, -0.2) is 0 Å². The first kappa shape index (κ1) is 39.8. The minimum absolute atomic E-state index is 0.218. The quantitative estimate of drug-likeness (QED) is 0.176. The molecule has 2 aromatic heterocycles. The van der Waals surface area contributed by atoms with E-state index in [1.807, 2.05) is 0 Å². The SMILES string of the molecule is CC1(C)c2cc(N(c3ccc4c(c3)C(C)(C)c3c5c(c6c(oc7ccccc76)c3-4)-c3ccccc3C5(C)C)c3cccc4ccccc34)ccc2-c2c1cc(-c1ccccc1)c1oc3ccccc3c21. The molecule has 0 spiro atoms. The predicted octanol–water partition coefficient (Wildman–Crippen LogP) is 18.7. The Labute approximate surface area is 407 Å². The lowest BCUT2D eigenvalue weighted by atomic mass is 9.72. The van der Waals surface area contributed by atoms with Gasteiger partial charge in [0.05, 0.1) is 5.69 Å². The first-order valence-electron chi connectivity index (χ1n) is 24.8. The molecule has 0 bridgehead atoms. The molecule has 70 heavy (non-hydrogen) atoms. The molecule has 0 unspecified atom stereocenters. The smallest absolute Gasteiger partial charge is 0.144 e. The van der Waals surface area contributed by atoms with Crippen molar-refractivity contribution in [1.82, 2.24) is 0 Å². The molecular formula is C67H49NO2. The highest BCUT2D eigenvalue weighted by Gasteiger charge is 2.49. The number of furan rings is 2. The maximum Gasteiger partial charge on any atom is 0.144 e. The van der Waals surface area contributed by atoms with Gasteiger partial charge in [0, 0.05) is 65.7 Å². The normalized spacial score (nSPS) is 15.3. The second kappa shape index (κ2) is 13.6. The largest absolute Gasteiger partial charge is 0.455 e. The van der Waals surface area contributed by atoms with Crippen LogP contribution in [0, 0.1) is 0 Å². The summed E-state index contributed by atoms with van der Waals surface area (Å²) in [4.78, 5) is 2.51. The highest BCUT2D eigenvalue weighted by molar-refractivity contribution is 6.21. The Kier molecular flexibility index (Phi) is 7.71. The molecule has 0 N–H and O–H groups in total. The van der Waals surface area contributed by atoms with Gasteiger partial charge >= 0.3 is 0 Å². The van der Waals surface area contributed by atoms with Crippen LogP contribution in [0.2, 0.25) is 0 Å². The Morgan fingerprint density at radius 2 is 0.886 bits per heavy atom. The Balaban J connectivity index is 0.971. The van der Waals surface area contributed by atoms with Crippen molar-refractivity contribution >= 4 is 71.7 Å². The Hall–Kier alpha value is -8.14. The molecule has 0 atom stereocenters. The van der Waals surface area contributed by atoms with Crippen LogP contribution in [0.3, 0.4) is 0 Å². The zero-order valence-electron chi connectivity index (χ0n) is 40.2. The van der Waals surface area contributed by atoms with Crippen LogP contribution < -0.4 is 4.90 Å². The second-order valence-corrected chi connectivity index (χ2v) is 21.5. The van der Waals surface area contributed by atoms with E-state index in [2.05, 4.69) is 234 Å². The highest BCUT2D eigenvalue weighted by Crippen LogP contribution is 2.64. The fraction of sp³-hybridized carbons (Fsp3) is 0.134. The summed E-state index contributed by atoms with van der Waals surface area (Å²) in [5.74, 6) is 0. The lowest BCUT2D eigenvalue weighted by Crippen LogP contribution is -2.24. The number of hydrogen-bond acceptors (Lipinski definition) is 3. The van der Waals surface area contributed by atoms with Crippen molar-refractivity contribution in [3.05, 3.63) is 221 Å². The van der Waals surface area contributed by atoms with Gasteiger partial charge < -0.3 is 13.7 Å². The number of para-hydroxylation sites is 2. The molecule has 0 amide bonds. The summed E-state index contributed by atoms with van der Waals surface area (Å²) in [6.45, 7) is 14.5. The van der Waals surface area contributed by atoms with E-state index < -0.39 is 0 Å².